The first-order valence-corrected chi connectivity index (χ1v) is 9.48. The largest absolute Gasteiger partial charge is 0.460 e. The van der Waals surface area contributed by atoms with Crippen molar-refractivity contribution in [3.05, 3.63) is 34.8 Å². The number of aromatic nitrogens is 1. The number of nitrogens with zero attached hydrogens (tertiary/aromatic N) is 1. The van der Waals surface area contributed by atoms with Crippen LogP contribution in [0.5, 0.6) is 5.19 Å². The van der Waals surface area contributed by atoms with E-state index in [4.69, 9.17) is 0 Å². The van der Waals surface area contributed by atoms with Gasteiger partial charge in [0.1, 0.15) is 0 Å². The predicted molar refractivity (Wildman–Crippen MR) is 104 cm³/mol. The maximum atomic E-state index is 12.2. The number of carbonyl (C=O) groups excluding carboxylic acids is 3. The summed E-state index contributed by atoms with van der Waals surface area (Å²) >= 11 is 0.950. The Bertz CT molecular complexity index is 930. The number of thiazole rings is 1. The molecule has 0 fully saturated rings. The quantitative estimate of drug-likeness (QED) is 0.569. The highest BCUT2D eigenvalue weighted by atomic mass is 32.1. The van der Waals surface area contributed by atoms with Crippen molar-refractivity contribution in [2.75, 3.05) is 23.8 Å². The van der Waals surface area contributed by atoms with E-state index in [1.54, 1.807) is 25.1 Å². The number of alkyl halides is 3. The highest BCUT2D eigenvalue weighted by Crippen LogP contribution is 2.26. The van der Waals surface area contributed by atoms with Crippen LogP contribution in [0.4, 0.5) is 24.5 Å². The van der Waals surface area contributed by atoms with E-state index in [9.17, 15) is 27.6 Å². The molecule has 0 bridgehead atoms. The Labute approximate surface area is 173 Å². The molecule has 0 aliphatic heterocycles. The van der Waals surface area contributed by atoms with Crippen molar-refractivity contribution in [1.29, 1.82) is 0 Å². The molecule has 8 nitrogen and oxygen atoms in total. The molecule has 0 radical (unpaired) electrons. The number of aryl methyl sites for hydroxylation is 1. The minimum absolute atomic E-state index is 0.0833. The normalized spacial score (nSPS) is 11.0. The molecule has 0 saturated heterocycles. The van der Waals surface area contributed by atoms with E-state index >= 15 is 0 Å². The Balaban J connectivity index is 1.82. The molecule has 1 aromatic carbocycles. The summed E-state index contributed by atoms with van der Waals surface area (Å²) in [5.41, 5.74) is 1.28. The van der Waals surface area contributed by atoms with Crippen LogP contribution in [0.2, 0.25) is 0 Å². The number of hydrogen-bond donors (Lipinski definition) is 3. The summed E-state index contributed by atoms with van der Waals surface area (Å²) in [6.45, 7) is 1.61. The van der Waals surface area contributed by atoms with E-state index in [0.717, 1.165) is 11.3 Å². The van der Waals surface area contributed by atoms with Crippen molar-refractivity contribution in [2.45, 2.75) is 26.4 Å². The average Bonchev–Trinajstić information content (AvgIpc) is 2.99. The smallest absolute Gasteiger partial charge is 0.422 e. The van der Waals surface area contributed by atoms with Crippen LogP contribution in [0.25, 0.3) is 0 Å². The SMILES string of the molecule is CC(=O)Nc1cccc(NC(=O)C(=O)NCCc2sc(OCC(F)(F)F)nc2C)c1. The van der Waals surface area contributed by atoms with Gasteiger partial charge in [-0.3, -0.25) is 14.4 Å². The number of carbonyl (C=O) groups is 3. The van der Waals surface area contributed by atoms with Crippen LogP contribution in [0.15, 0.2) is 24.3 Å². The molecule has 30 heavy (non-hydrogen) atoms. The van der Waals surface area contributed by atoms with Crippen LogP contribution in [-0.4, -0.2) is 42.0 Å². The van der Waals surface area contributed by atoms with Gasteiger partial charge in [0, 0.05) is 36.1 Å². The lowest BCUT2D eigenvalue weighted by Crippen LogP contribution is -2.36. The van der Waals surface area contributed by atoms with Crippen molar-refractivity contribution in [1.82, 2.24) is 10.3 Å². The fraction of sp³-hybridized carbons (Fsp3) is 0.333. The topological polar surface area (TPSA) is 109 Å². The average molecular weight is 444 g/mol. The van der Waals surface area contributed by atoms with Gasteiger partial charge in [0.05, 0.1) is 5.69 Å². The van der Waals surface area contributed by atoms with Crippen molar-refractivity contribution >= 4 is 40.4 Å². The third-order valence-electron chi connectivity index (χ3n) is 3.52. The molecular weight excluding hydrogens is 425 g/mol. The molecule has 0 aliphatic carbocycles. The number of anilines is 2. The molecule has 0 saturated carbocycles. The summed E-state index contributed by atoms with van der Waals surface area (Å²) in [5, 5.41) is 7.29. The molecule has 3 N–H and O–H groups in total. The van der Waals surface area contributed by atoms with Crippen LogP contribution < -0.4 is 20.7 Å². The molecule has 0 unspecified atom stereocenters. The van der Waals surface area contributed by atoms with Gasteiger partial charge in [-0.2, -0.15) is 13.2 Å². The first-order chi connectivity index (χ1) is 14.0. The van der Waals surface area contributed by atoms with Gasteiger partial charge in [0.25, 0.3) is 5.19 Å². The van der Waals surface area contributed by atoms with Crippen LogP contribution >= 0.6 is 11.3 Å². The van der Waals surface area contributed by atoms with Crippen molar-refractivity contribution < 1.29 is 32.3 Å². The lowest BCUT2D eigenvalue weighted by atomic mass is 10.2. The lowest BCUT2D eigenvalue weighted by molar-refractivity contribution is -0.153. The van der Waals surface area contributed by atoms with E-state index in [2.05, 4.69) is 25.7 Å². The lowest BCUT2D eigenvalue weighted by Gasteiger charge is -2.08. The standard InChI is InChI=1S/C18H19F3N4O4S/c1-10-14(30-17(23-10)29-9-18(19,20)21)6-7-22-15(27)16(28)25-13-5-3-4-12(8-13)24-11(2)26/h3-5,8H,6-7,9H2,1-2H3,(H,22,27)(H,24,26)(H,25,28). The number of hydrogen-bond acceptors (Lipinski definition) is 6. The Hall–Kier alpha value is -3.15. The van der Waals surface area contributed by atoms with Gasteiger partial charge in [-0.15, -0.1) is 0 Å². The van der Waals surface area contributed by atoms with Gasteiger partial charge in [-0.25, -0.2) is 4.98 Å². The molecule has 1 aromatic heterocycles. The Morgan fingerprint density at radius 3 is 2.43 bits per heavy atom. The summed E-state index contributed by atoms with van der Waals surface area (Å²) in [4.78, 5) is 39.6. The van der Waals surface area contributed by atoms with Crippen molar-refractivity contribution in [3.63, 3.8) is 0 Å². The van der Waals surface area contributed by atoms with E-state index in [1.807, 2.05) is 0 Å². The highest BCUT2D eigenvalue weighted by molar-refractivity contribution is 7.13. The third kappa shape index (κ3) is 7.70. The summed E-state index contributed by atoms with van der Waals surface area (Å²) in [5.74, 6) is -2.05. The monoisotopic (exact) mass is 444 g/mol. The zero-order chi connectivity index (χ0) is 22.3. The molecule has 2 aromatic rings. The van der Waals surface area contributed by atoms with E-state index in [-0.39, 0.29) is 24.1 Å². The zero-order valence-electron chi connectivity index (χ0n) is 16.1. The molecule has 12 heteroatoms. The summed E-state index contributed by atoms with van der Waals surface area (Å²) in [6, 6.07) is 6.28. The first kappa shape index (κ1) is 23.1. The van der Waals surface area contributed by atoms with Gasteiger partial charge in [0.15, 0.2) is 6.61 Å². The number of ether oxygens (including phenoxy) is 1. The summed E-state index contributed by atoms with van der Waals surface area (Å²) in [6.07, 6.45) is -4.18. The number of amides is 3. The van der Waals surface area contributed by atoms with Crippen LogP contribution in [0.3, 0.4) is 0 Å². The van der Waals surface area contributed by atoms with Gasteiger partial charge in [0.2, 0.25) is 5.91 Å². The maximum Gasteiger partial charge on any atom is 0.422 e. The third-order valence-corrected chi connectivity index (χ3v) is 4.65. The highest BCUT2D eigenvalue weighted by Gasteiger charge is 2.29. The summed E-state index contributed by atoms with van der Waals surface area (Å²) < 4.78 is 41.2. The Morgan fingerprint density at radius 2 is 1.80 bits per heavy atom. The van der Waals surface area contributed by atoms with Crippen LogP contribution in [0.1, 0.15) is 17.5 Å². The molecule has 1 heterocycles. The second kappa shape index (κ2) is 10.1. The molecule has 0 aliphatic rings. The minimum atomic E-state index is -4.46. The van der Waals surface area contributed by atoms with Crippen LogP contribution in [0, 0.1) is 6.92 Å². The first-order valence-electron chi connectivity index (χ1n) is 8.66. The predicted octanol–water partition coefficient (Wildman–Crippen LogP) is 2.65. The molecule has 0 atom stereocenters. The Kier molecular flexibility index (Phi) is 7.75. The number of rotatable bonds is 7. The molecule has 162 valence electrons. The zero-order valence-corrected chi connectivity index (χ0v) is 16.9. The van der Waals surface area contributed by atoms with Crippen molar-refractivity contribution in [3.8, 4) is 5.19 Å². The maximum absolute atomic E-state index is 12.2. The number of benzene rings is 1. The summed E-state index contributed by atoms with van der Waals surface area (Å²) in [7, 11) is 0. The fourth-order valence-corrected chi connectivity index (χ4v) is 3.18. The second-order valence-corrected chi connectivity index (χ2v) is 7.16. The van der Waals surface area contributed by atoms with Crippen LogP contribution in [-0.2, 0) is 20.8 Å². The van der Waals surface area contributed by atoms with Gasteiger partial charge >= 0.3 is 18.0 Å². The molecular formula is C18H19F3N4O4S. The van der Waals surface area contributed by atoms with Gasteiger partial charge < -0.3 is 20.7 Å². The molecule has 0 spiro atoms. The van der Waals surface area contributed by atoms with Gasteiger partial charge in [-0.1, -0.05) is 17.4 Å². The minimum Gasteiger partial charge on any atom is -0.460 e. The van der Waals surface area contributed by atoms with Gasteiger partial charge in [-0.05, 0) is 25.1 Å². The molecule has 2 rings (SSSR count). The van der Waals surface area contributed by atoms with E-state index in [0.29, 0.717) is 21.9 Å². The Morgan fingerprint density at radius 1 is 1.13 bits per heavy atom. The second-order valence-electron chi connectivity index (χ2n) is 6.11. The fourth-order valence-electron chi connectivity index (χ4n) is 2.27. The van der Waals surface area contributed by atoms with E-state index in [1.165, 1.54) is 13.0 Å². The molecule has 3 amide bonds. The number of halogens is 3. The van der Waals surface area contributed by atoms with E-state index < -0.39 is 24.6 Å². The number of nitrogens with one attached hydrogen (secondary N) is 3. The van der Waals surface area contributed by atoms with Crippen molar-refractivity contribution in [2.24, 2.45) is 0 Å².